The fourth-order valence-corrected chi connectivity index (χ4v) is 16.4. The van der Waals surface area contributed by atoms with Crippen LogP contribution in [0.3, 0.4) is 0 Å². The Morgan fingerprint density at radius 2 is 0.830 bits per heavy atom. The fourth-order valence-electron chi connectivity index (χ4n) is 7.14. The predicted molar refractivity (Wildman–Crippen MR) is 200 cm³/mol. The smallest absolute Gasteiger partial charge is 0.300 e. The molecule has 0 radical (unpaired) electrons. The van der Waals surface area contributed by atoms with Crippen molar-refractivity contribution >= 4 is 43.4 Å². The third kappa shape index (κ3) is 8.40. The summed E-state index contributed by atoms with van der Waals surface area (Å²) < 4.78 is 14.6. The number of nitrogens with one attached hydrogen (secondary N) is 1. The molecule has 2 N–H and O–H groups in total. The average Bonchev–Trinajstić information content (AvgIpc) is 3.50. The van der Waals surface area contributed by atoms with Gasteiger partial charge in [-0.25, -0.2) is 0 Å². The second kappa shape index (κ2) is 15.7. The zero-order valence-corrected chi connectivity index (χ0v) is 31.2. The number of carboxylic acid groups (broad SMARTS) is 1. The lowest BCUT2D eigenvalue weighted by Crippen LogP contribution is -2.67. The molecular formula is C40H53NO4Si2. The summed E-state index contributed by atoms with van der Waals surface area (Å²) in [4.78, 5) is 9.00. The van der Waals surface area contributed by atoms with Crippen molar-refractivity contribution in [2.24, 2.45) is 0 Å². The lowest BCUT2D eigenvalue weighted by molar-refractivity contribution is -0.134. The summed E-state index contributed by atoms with van der Waals surface area (Å²) in [6, 6.07) is 44.4. The van der Waals surface area contributed by atoms with Gasteiger partial charge >= 0.3 is 0 Å². The van der Waals surface area contributed by atoms with E-state index in [1.165, 1.54) is 20.7 Å². The Morgan fingerprint density at radius 3 is 1.04 bits per heavy atom. The Hall–Kier alpha value is -3.34. The van der Waals surface area contributed by atoms with Gasteiger partial charge in [0.2, 0.25) is 0 Å². The molecule has 0 aliphatic carbocycles. The van der Waals surface area contributed by atoms with Crippen molar-refractivity contribution in [2.75, 3.05) is 13.2 Å². The first-order chi connectivity index (χ1) is 22.3. The highest BCUT2D eigenvalue weighted by Crippen LogP contribution is 2.38. The summed E-state index contributed by atoms with van der Waals surface area (Å²) in [7, 11) is -5.13. The highest BCUT2D eigenvalue weighted by atomic mass is 28.4. The number of rotatable bonds is 10. The largest absolute Gasteiger partial charge is 0.481 e. The lowest BCUT2D eigenvalue weighted by Gasteiger charge is -2.44. The van der Waals surface area contributed by atoms with Crippen LogP contribution in [0.15, 0.2) is 121 Å². The van der Waals surface area contributed by atoms with Gasteiger partial charge in [0, 0.05) is 19.0 Å². The van der Waals surface area contributed by atoms with Gasteiger partial charge in [0.25, 0.3) is 22.6 Å². The van der Waals surface area contributed by atoms with Gasteiger partial charge in [-0.1, -0.05) is 163 Å². The van der Waals surface area contributed by atoms with Crippen LogP contribution in [0.1, 0.15) is 61.3 Å². The molecule has 4 aromatic carbocycles. The topological polar surface area (TPSA) is 67.8 Å². The van der Waals surface area contributed by atoms with Crippen LogP contribution in [0.2, 0.25) is 10.1 Å². The Labute approximate surface area is 284 Å². The molecule has 7 heteroatoms. The standard InChI is InChI=1S/C38H49NO2Si2.C2H4O2/c1-37(2,3)42(33-19-11-7-12-20-33,34-21-13-8-14-22-34)40-29-31-27-28-32(39-31)30-41-43(38(4,5)6,35-23-15-9-16-24-35)36-25-17-10-18-26-36;1-2(3)4/h7-26,31-32,39H,27-30H2,1-6H3;1H3,(H,3,4)/t31-,32-;/m0./s1. The van der Waals surface area contributed by atoms with Crippen LogP contribution >= 0.6 is 0 Å². The Bertz CT molecular complexity index is 1330. The quantitative estimate of drug-likeness (QED) is 0.193. The molecule has 1 saturated heterocycles. The first-order valence-electron chi connectivity index (χ1n) is 16.8. The summed E-state index contributed by atoms with van der Waals surface area (Å²) in [5, 5.41) is 16.6. The van der Waals surface area contributed by atoms with E-state index in [1.807, 2.05) is 0 Å². The van der Waals surface area contributed by atoms with E-state index < -0.39 is 22.6 Å². The highest BCUT2D eigenvalue weighted by molar-refractivity contribution is 7.00. The van der Waals surface area contributed by atoms with Crippen molar-refractivity contribution < 1.29 is 18.8 Å². The third-order valence-electron chi connectivity index (χ3n) is 9.17. The van der Waals surface area contributed by atoms with Gasteiger partial charge in [-0.15, -0.1) is 0 Å². The number of benzene rings is 4. The molecule has 1 heterocycles. The van der Waals surface area contributed by atoms with E-state index in [-0.39, 0.29) is 10.1 Å². The second-order valence-electron chi connectivity index (χ2n) is 14.6. The van der Waals surface area contributed by atoms with Crippen LogP contribution in [-0.2, 0) is 13.6 Å². The van der Waals surface area contributed by atoms with E-state index in [0.29, 0.717) is 25.3 Å². The number of hydrogen-bond acceptors (Lipinski definition) is 4. The molecule has 5 rings (SSSR count). The number of hydrogen-bond donors (Lipinski definition) is 2. The van der Waals surface area contributed by atoms with Crippen LogP contribution in [0, 0.1) is 0 Å². The first kappa shape index (κ1) is 36.5. The number of aliphatic carboxylic acids is 1. The van der Waals surface area contributed by atoms with Gasteiger partial charge in [-0.3, -0.25) is 4.79 Å². The van der Waals surface area contributed by atoms with E-state index >= 15 is 0 Å². The molecule has 2 atom stereocenters. The first-order valence-corrected chi connectivity index (χ1v) is 20.6. The van der Waals surface area contributed by atoms with Crippen LogP contribution in [0.4, 0.5) is 0 Å². The van der Waals surface area contributed by atoms with Gasteiger partial charge in [-0.05, 0) is 43.7 Å². The average molecular weight is 668 g/mol. The molecule has 250 valence electrons. The summed E-state index contributed by atoms with van der Waals surface area (Å²) in [6.07, 6.45) is 2.18. The lowest BCUT2D eigenvalue weighted by atomic mass is 10.2. The van der Waals surface area contributed by atoms with E-state index in [0.717, 1.165) is 19.8 Å². The summed E-state index contributed by atoms with van der Waals surface area (Å²) in [6.45, 7) is 16.6. The van der Waals surface area contributed by atoms with Gasteiger partial charge in [-0.2, -0.15) is 0 Å². The molecule has 47 heavy (non-hydrogen) atoms. The normalized spacial score (nSPS) is 17.1. The van der Waals surface area contributed by atoms with Crippen molar-refractivity contribution in [3.05, 3.63) is 121 Å². The minimum absolute atomic E-state index is 0.0277. The molecule has 0 amide bonds. The monoisotopic (exact) mass is 667 g/mol. The van der Waals surface area contributed by atoms with Crippen molar-refractivity contribution in [1.29, 1.82) is 0 Å². The van der Waals surface area contributed by atoms with Crippen molar-refractivity contribution in [1.82, 2.24) is 5.32 Å². The second-order valence-corrected chi connectivity index (χ2v) is 23.2. The molecule has 0 bridgehead atoms. The fraction of sp³-hybridized carbons (Fsp3) is 0.375. The number of carbonyl (C=O) groups is 1. The van der Waals surface area contributed by atoms with Crippen molar-refractivity contribution in [3.63, 3.8) is 0 Å². The van der Waals surface area contributed by atoms with E-state index in [9.17, 15) is 0 Å². The molecule has 1 fully saturated rings. The molecule has 0 aromatic heterocycles. The summed E-state index contributed by atoms with van der Waals surface area (Å²) >= 11 is 0. The Morgan fingerprint density at radius 1 is 0.596 bits per heavy atom. The van der Waals surface area contributed by atoms with E-state index in [4.69, 9.17) is 18.8 Å². The molecule has 0 unspecified atom stereocenters. The van der Waals surface area contributed by atoms with Crippen LogP contribution < -0.4 is 26.1 Å². The van der Waals surface area contributed by atoms with Gasteiger partial charge in [0.05, 0.1) is 13.2 Å². The summed E-state index contributed by atoms with van der Waals surface area (Å²) in [5.74, 6) is -0.833. The third-order valence-corrected chi connectivity index (χ3v) is 19.2. The highest BCUT2D eigenvalue weighted by Gasteiger charge is 2.52. The molecule has 1 aliphatic heterocycles. The molecule has 1 aliphatic rings. The van der Waals surface area contributed by atoms with Gasteiger partial charge in [0.15, 0.2) is 0 Å². The van der Waals surface area contributed by atoms with Crippen LogP contribution in [-0.4, -0.2) is 53.0 Å². The Kier molecular flexibility index (Phi) is 12.2. The maximum Gasteiger partial charge on any atom is 0.300 e. The SMILES string of the molecule is CC(=O)O.CC(C)(C)[Si](OC[C@@H]1CC[C@@H](CO[Si](c2ccccc2)(c2ccccc2)C(C)(C)C)N1)(c1ccccc1)c1ccccc1. The number of carboxylic acids is 1. The zero-order valence-electron chi connectivity index (χ0n) is 29.2. The van der Waals surface area contributed by atoms with Crippen LogP contribution in [0.25, 0.3) is 0 Å². The van der Waals surface area contributed by atoms with Crippen molar-refractivity contribution in [2.45, 2.75) is 83.5 Å². The summed E-state index contributed by atoms with van der Waals surface area (Å²) in [5.41, 5.74) is 0. The molecule has 0 saturated carbocycles. The maximum absolute atomic E-state index is 9.00. The van der Waals surface area contributed by atoms with Crippen molar-refractivity contribution in [3.8, 4) is 0 Å². The van der Waals surface area contributed by atoms with E-state index in [2.05, 4.69) is 168 Å². The minimum atomic E-state index is -2.56. The van der Waals surface area contributed by atoms with Crippen LogP contribution in [0.5, 0.6) is 0 Å². The maximum atomic E-state index is 9.00. The van der Waals surface area contributed by atoms with Gasteiger partial charge < -0.3 is 19.3 Å². The van der Waals surface area contributed by atoms with E-state index in [1.54, 1.807) is 0 Å². The molecule has 4 aromatic rings. The molecular weight excluding hydrogens is 615 g/mol. The minimum Gasteiger partial charge on any atom is -0.481 e. The Balaban J connectivity index is 0.00000118. The molecule has 5 nitrogen and oxygen atoms in total. The zero-order chi connectivity index (χ0) is 34.1. The van der Waals surface area contributed by atoms with Gasteiger partial charge in [0.1, 0.15) is 0 Å². The predicted octanol–water partition coefficient (Wildman–Crippen LogP) is 6.35. The molecule has 0 spiro atoms.